The van der Waals surface area contributed by atoms with E-state index in [2.05, 4.69) is 182 Å². The molecule has 0 aliphatic heterocycles. The number of hydrogen-bond donors (Lipinski definition) is 0. The molecule has 0 radical (unpaired) electrons. The number of rotatable bonds is 4. The smallest absolute Gasteiger partial charge is 0.144 e. The van der Waals surface area contributed by atoms with Crippen molar-refractivity contribution >= 4 is 87.2 Å². The van der Waals surface area contributed by atoms with E-state index >= 15 is 0 Å². The summed E-state index contributed by atoms with van der Waals surface area (Å²) in [6.07, 6.45) is 0. The molecule has 0 unspecified atom stereocenters. The van der Waals surface area contributed by atoms with Crippen molar-refractivity contribution in [1.82, 2.24) is 0 Å². The van der Waals surface area contributed by atoms with Gasteiger partial charge in [0, 0.05) is 49.2 Å². The average molecular weight is 753 g/mol. The second-order valence-corrected chi connectivity index (χ2v) is 15.5. The Hall–Kier alpha value is -7.88. The molecule has 0 aliphatic rings. The molecule has 0 spiro atoms. The first-order chi connectivity index (χ1) is 29.3. The zero-order valence-corrected chi connectivity index (χ0v) is 31.7. The largest absolute Gasteiger partial charge is 0.456 e. The lowest BCUT2D eigenvalue weighted by Gasteiger charge is -2.18. The standard InChI is InChI=1S/C56H32O3/c1-2-15-34(16-3-1)51-54-49(59-55(51)37-27-26-33-14-4-5-17-35(33)30-37)32-45(56-53(54)43-23-11-13-25-47(43)58-56)52-41-21-8-6-19-39(41)50(40-20-7-9-22-42(40)52)36-28-29-48-44(31-36)38-18-10-12-24-46(38)57-48/h1-32H. The van der Waals surface area contributed by atoms with Gasteiger partial charge in [0.25, 0.3) is 0 Å². The Labute approximate surface area is 337 Å². The molecule has 0 bridgehead atoms. The highest BCUT2D eigenvalue weighted by atomic mass is 16.3. The van der Waals surface area contributed by atoms with Crippen molar-refractivity contribution in [3.05, 3.63) is 194 Å². The Bertz CT molecular complexity index is 3780. The molecule has 13 rings (SSSR count). The van der Waals surface area contributed by atoms with Gasteiger partial charge in [0.05, 0.1) is 0 Å². The van der Waals surface area contributed by atoms with Crippen LogP contribution in [0.1, 0.15) is 0 Å². The third-order valence-corrected chi connectivity index (χ3v) is 12.2. The van der Waals surface area contributed by atoms with E-state index in [1.54, 1.807) is 0 Å². The summed E-state index contributed by atoms with van der Waals surface area (Å²) in [6, 6.07) is 68.8. The molecule has 274 valence electrons. The fourth-order valence-electron chi connectivity index (χ4n) is 9.69. The maximum absolute atomic E-state index is 7.21. The predicted octanol–water partition coefficient (Wildman–Crippen LogP) is 16.4. The molecule has 0 saturated heterocycles. The highest BCUT2D eigenvalue weighted by Gasteiger charge is 2.27. The summed E-state index contributed by atoms with van der Waals surface area (Å²) in [4.78, 5) is 0. The molecule has 0 atom stereocenters. The van der Waals surface area contributed by atoms with Crippen LogP contribution in [0.4, 0.5) is 0 Å². The molecule has 10 aromatic carbocycles. The van der Waals surface area contributed by atoms with E-state index < -0.39 is 0 Å². The van der Waals surface area contributed by atoms with Gasteiger partial charge in [0.15, 0.2) is 0 Å². The Morgan fingerprint density at radius 3 is 1.59 bits per heavy atom. The van der Waals surface area contributed by atoms with Crippen LogP contribution in [0.2, 0.25) is 0 Å². The van der Waals surface area contributed by atoms with Crippen LogP contribution in [-0.2, 0) is 0 Å². The first kappa shape index (κ1) is 32.2. The van der Waals surface area contributed by atoms with E-state index in [0.29, 0.717) is 0 Å². The minimum atomic E-state index is 0.815. The fourth-order valence-corrected chi connectivity index (χ4v) is 9.69. The van der Waals surface area contributed by atoms with Crippen molar-refractivity contribution in [3.8, 4) is 44.7 Å². The van der Waals surface area contributed by atoms with E-state index in [4.69, 9.17) is 13.3 Å². The third-order valence-electron chi connectivity index (χ3n) is 12.2. The minimum Gasteiger partial charge on any atom is -0.456 e. The van der Waals surface area contributed by atoms with Crippen molar-refractivity contribution in [2.45, 2.75) is 0 Å². The molecule has 0 saturated carbocycles. The molecule has 0 aliphatic carbocycles. The second-order valence-electron chi connectivity index (χ2n) is 15.5. The topological polar surface area (TPSA) is 39.4 Å². The highest BCUT2D eigenvalue weighted by molar-refractivity contribution is 6.30. The van der Waals surface area contributed by atoms with Crippen LogP contribution in [0.3, 0.4) is 0 Å². The maximum atomic E-state index is 7.21. The zero-order chi connectivity index (χ0) is 38.6. The van der Waals surface area contributed by atoms with Gasteiger partial charge in [-0.1, -0.05) is 158 Å². The fraction of sp³-hybridized carbons (Fsp3) is 0. The zero-order valence-electron chi connectivity index (χ0n) is 31.7. The van der Waals surface area contributed by atoms with Gasteiger partial charge in [-0.3, -0.25) is 0 Å². The summed E-state index contributed by atoms with van der Waals surface area (Å²) in [5.74, 6) is 0.841. The van der Waals surface area contributed by atoms with Gasteiger partial charge in [-0.15, -0.1) is 0 Å². The van der Waals surface area contributed by atoms with Gasteiger partial charge >= 0.3 is 0 Å². The average Bonchev–Trinajstić information content (AvgIpc) is 3.99. The van der Waals surface area contributed by atoms with Crippen molar-refractivity contribution in [2.24, 2.45) is 0 Å². The van der Waals surface area contributed by atoms with Crippen LogP contribution < -0.4 is 0 Å². The van der Waals surface area contributed by atoms with Gasteiger partial charge in [0.2, 0.25) is 0 Å². The van der Waals surface area contributed by atoms with Crippen molar-refractivity contribution in [3.63, 3.8) is 0 Å². The molecule has 3 nitrogen and oxygen atoms in total. The summed E-state index contributed by atoms with van der Waals surface area (Å²) < 4.78 is 20.5. The van der Waals surface area contributed by atoms with Gasteiger partial charge in [-0.05, 0) is 85.4 Å². The van der Waals surface area contributed by atoms with Gasteiger partial charge in [0.1, 0.15) is 33.7 Å². The number of benzene rings is 10. The number of fused-ring (bicyclic) bond motifs is 11. The SMILES string of the molecule is c1ccc(-c2c(-c3ccc4ccccc4c3)oc3cc(-c4c5ccccc5c(-c5ccc6oc7ccccc7c6c5)c5ccccc45)c4oc5ccccc5c4c23)cc1. The minimum absolute atomic E-state index is 0.815. The lowest BCUT2D eigenvalue weighted by molar-refractivity contribution is 0.632. The lowest BCUT2D eigenvalue weighted by atomic mass is 9.84. The Balaban J connectivity index is 1.16. The molecule has 3 heteroatoms. The van der Waals surface area contributed by atoms with Crippen molar-refractivity contribution in [1.29, 1.82) is 0 Å². The lowest BCUT2D eigenvalue weighted by Crippen LogP contribution is -1.91. The Morgan fingerprint density at radius 2 is 0.847 bits per heavy atom. The van der Waals surface area contributed by atoms with Crippen LogP contribution in [-0.4, -0.2) is 0 Å². The first-order valence-corrected chi connectivity index (χ1v) is 20.1. The molecule has 3 heterocycles. The van der Waals surface area contributed by atoms with Crippen LogP contribution in [0.5, 0.6) is 0 Å². The molecular formula is C56H32O3. The summed E-state index contributed by atoms with van der Waals surface area (Å²) >= 11 is 0. The highest BCUT2D eigenvalue weighted by Crippen LogP contribution is 2.52. The van der Waals surface area contributed by atoms with Crippen LogP contribution in [0, 0.1) is 0 Å². The molecule has 59 heavy (non-hydrogen) atoms. The third kappa shape index (κ3) is 4.70. The van der Waals surface area contributed by atoms with Gasteiger partial charge in [-0.25, -0.2) is 0 Å². The first-order valence-electron chi connectivity index (χ1n) is 20.1. The number of hydrogen-bond acceptors (Lipinski definition) is 3. The molecule has 0 N–H and O–H groups in total. The quantitative estimate of drug-likeness (QED) is 0.168. The van der Waals surface area contributed by atoms with E-state index in [9.17, 15) is 0 Å². The second kappa shape index (κ2) is 12.3. The van der Waals surface area contributed by atoms with E-state index in [0.717, 1.165) is 105 Å². The van der Waals surface area contributed by atoms with Crippen molar-refractivity contribution in [2.75, 3.05) is 0 Å². The molecule has 0 amide bonds. The maximum Gasteiger partial charge on any atom is 0.144 e. The van der Waals surface area contributed by atoms with E-state index in [1.165, 1.54) is 27.1 Å². The van der Waals surface area contributed by atoms with E-state index in [-0.39, 0.29) is 0 Å². The molecule has 13 aromatic rings. The Kier molecular flexibility index (Phi) is 6.72. The normalized spacial score (nSPS) is 12.1. The number of para-hydroxylation sites is 2. The van der Waals surface area contributed by atoms with Crippen LogP contribution >= 0.6 is 0 Å². The van der Waals surface area contributed by atoms with Crippen molar-refractivity contribution < 1.29 is 13.3 Å². The summed E-state index contributed by atoms with van der Waals surface area (Å²) in [7, 11) is 0. The van der Waals surface area contributed by atoms with Crippen LogP contribution in [0.15, 0.2) is 207 Å². The summed E-state index contributed by atoms with van der Waals surface area (Å²) in [5.41, 5.74) is 11.9. The molecular weight excluding hydrogens is 721 g/mol. The predicted molar refractivity (Wildman–Crippen MR) is 245 cm³/mol. The van der Waals surface area contributed by atoms with Crippen LogP contribution in [0.25, 0.3) is 132 Å². The van der Waals surface area contributed by atoms with Gasteiger partial charge < -0.3 is 13.3 Å². The molecule has 0 fully saturated rings. The Morgan fingerprint density at radius 1 is 0.271 bits per heavy atom. The number of furan rings is 3. The summed E-state index contributed by atoms with van der Waals surface area (Å²) in [5, 5.41) is 12.4. The van der Waals surface area contributed by atoms with Gasteiger partial charge in [-0.2, -0.15) is 0 Å². The van der Waals surface area contributed by atoms with E-state index in [1.807, 2.05) is 12.1 Å². The monoisotopic (exact) mass is 752 g/mol. The summed E-state index contributed by atoms with van der Waals surface area (Å²) in [6.45, 7) is 0. The molecule has 3 aromatic heterocycles.